The third-order valence-electron chi connectivity index (χ3n) is 4.39. The molecule has 6 nitrogen and oxygen atoms in total. The van der Waals surface area contributed by atoms with Gasteiger partial charge in [-0.1, -0.05) is 6.92 Å². The molecule has 1 atom stereocenters. The van der Waals surface area contributed by atoms with E-state index in [1.165, 1.54) is 0 Å². The van der Waals surface area contributed by atoms with Crippen molar-refractivity contribution in [2.75, 3.05) is 26.2 Å². The maximum absolute atomic E-state index is 12.7. The molecule has 0 aliphatic carbocycles. The van der Waals surface area contributed by atoms with Gasteiger partial charge >= 0.3 is 0 Å². The lowest BCUT2D eigenvalue weighted by molar-refractivity contribution is -0.135. The minimum absolute atomic E-state index is 0.0439. The second-order valence-electron chi connectivity index (χ2n) is 6.44. The second kappa shape index (κ2) is 7.90. The van der Waals surface area contributed by atoms with Crippen LogP contribution in [-0.2, 0) is 17.9 Å². The number of thiazole rings is 1. The summed E-state index contributed by atoms with van der Waals surface area (Å²) in [4.78, 5) is 21.7. The lowest BCUT2D eigenvalue weighted by atomic mass is 10.1. The van der Waals surface area contributed by atoms with Gasteiger partial charge in [-0.05, 0) is 19.4 Å². The Morgan fingerprint density at radius 3 is 2.92 bits per heavy atom. The maximum atomic E-state index is 12.7. The molecule has 0 spiro atoms. The number of hydrogen-bond donors (Lipinski definition) is 0. The molecule has 1 aliphatic rings. The monoisotopic (exact) mass is 347 g/mol. The normalized spacial score (nSPS) is 17.7. The van der Waals surface area contributed by atoms with Crippen LogP contribution in [0.5, 0.6) is 0 Å². The molecule has 3 rings (SSSR count). The van der Waals surface area contributed by atoms with E-state index in [9.17, 15) is 4.79 Å². The van der Waals surface area contributed by atoms with E-state index in [2.05, 4.69) is 20.4 Å². The van der Waals surface area contributed by atoms with Gasteiger partial charge in [0.15, 0.2) is 0 Å². The Hall–Kier alpha value is -1.73. The van der Waals surface area contributed by atoms with Gasteiger partial charge in [-0.15, -0.1) is 11.3 Å². The van der Waals surface area contributed by atoms with Crippen molar-refractivity contribution in [2.45, 2.75) is 33.4 Å². The van der Waals surface area contributed by atoms with Crippen molar-refractivity contribution in [3.8, 4) is 0 Å². The second-order valence-corrected chi connectivity index (χ2v) is 7.50. The molecule has 0 bridgehead atoms. The molecule has 24 heavy (non-hydrogen) atoms. The lowest BCUT2D eigenvalue weighted by Gasteiger charge is -2.24. The van der Waals surface area contributed by atoms with Crippen LogP contribution in [0.25, 0.3) is 0 Å². The summed E-state index contributed by atoms with van der Waals surface area (Å²) < 4.78 is 1.83. The minimum atomic E-state index is -0.0439. The van der Waals surface area contributed by atoms with Crippen LogP contribution in [0.1, 0.15) is 24.0 Å². The van der Waals surface area contributed by atoms with Gasteiger partial charge in [0.2, 0.25) is 5.91 Å². The predicted octanol–water partition coefficient (Wildman–Crippen LogP) is 2.02. The number of carbonyl (C=O) groups excluding carboxylic acids is 1. The SMILES string of the molecule is Cc1nc(CN2CCCN(C(=O)[C@H](C)Cn3cccn3)CC2)cs1. The molecule has 2 aromatic heterocycles. The minimum Gasteiger partial charge on any atom is -0.341 e. The lowest BCUT2D eigenvalue weighted by Crippen LogP contribution is -2.39. The number of rotatable bonds is 5. The van der Waals surface area contributed by atoms with E-state index in [1.807, 2.05) is 35.7 Å². The van der Waals surface area contributed by atoms with Crippen LogP contribution >= 0.6 is 11.3 Å². The Kier molecular flexibility index (Phi) is 5.63. The summed E-state index contributed by atoms with van der Waals surface area (Å²) in [5, 5.41) is 7.44. The quantitative estimate of drug-likeness (QED) is 0.830. The first kappa shape index (κ1) is 17.1. The first-order valence-electron chi connectivity index (χ1n) is 8.51. The van der Waals surface area contributed by atoms with E-state index < -0.39 is 0 Å². The van der Waals surface area contributed by atoms with Gasteiger partial charge in [0.05, 0.1) is 23.2 Å². The molecule has 3 heterocycles. The number of hydrogen-bond acceptors (Lipinski definition) is 5. The molecule has 0 radical (unpaired) electrons. The summed E-state index contributed by atoms with van der Waals surface area (Å²) in [5.74, 6) is 0.189. The average molecular weight is 347 g/mol. The molecular formula is C17H25N5OS. The smallest absolute Gasteiger partial charge is 0.227 e. The van der Waals surface area contributed by atoms with Gasteiger partial charge in [-0.25, -0.2) is 4.98 Å². The third kappa shape index (κ3) is 4.42. The van der Waals surface area contributed by atoms with Crippen molar-refractivity contribution in [3.05, 3.63) is 34.5 Å². The largest absolute Gasteiger partial charge is 0.341 e. The van der Waals surface area contributed by atoms with Crippen molar-refractivity contribution in [3.63, 3.8) is 0 Å². The standard InChI is InChI=1S/C17H25N5OS/c1-14(11-22-8-3-5-18-22)17(23)21-7-4-6-20(9-10-21)12-16-13-24-15(2)19-16/h3,5,8,13-14H,4,6-7,9-12H2,1-2H3/t14-/m1/s1. The van der Waals surface area contributed by atoms with Crippen molar-refractivity contribution >= 4 is 17.2 Å². The zero-order chi connectivity index (χ0) is 16.9. The van der Waals surface area contributed by atoms with Gasteiger partial charge in [0.1, 0.15) is 0 Å². The topological polar surface area (TPSA) is 54.3 Å². The van der Waals surface area contributed by atoms with E-state index in [4.69, 9.17) is 0 Å². The predicted molar refractivity (Wildman–Crippen MR) is 94.7 cm³/mol. The van der Waals surface area contributed by atoms with Crippen LogP contribution in [0.15, 0.2) is 23.8 Å². The van der Waals surface area contributed by atoms with Crippen LogP contribution in [-0.4, -0.2) is 56.7 Å². The van der Waals surface area contributed by atoms with Crippen LogP contribution in [0.4, 0.5) is 0 Å². The highest BCUT2D eigenvalue weighted by Crippen LogP contribution is 2.14. The molecule has 1 fully saturated rings. The number of amides is 1. The van der Waals surface area contributed by atoms with Crippen LogP contribution in [0, 0.1) is 12.8 Å². The Labute approximate surface area is 147 Å². The zero-order valence-electron chi connectivity index (χ0n) is 14.4. The molecular weight excluding hydrogens is 322 g/mol. The fourth-order valence-electron chi connectivity index (χ4n) is 3.14. The number of aromatic nitrogens is 3. The van der Waals surface area contributed by atoms with Gasteiger partial charge in [-0.2, -0.15) is 5.10 Å². The van der Waals surface area contributed by atoms with E-state index >= 15 is 0 Å². The molecule has 0 saturated carbocycles. The van der Waals surface area contributed by atoms with Crippen LogP contribution < -0.4 is 0 Å². The van der Waals surface area contributed by atoms with Crippen LogP contribution in [0.2, 0.25) is 0 Å². The molecule has 2 aromatic rings. The highest BCUT2D eigenvalue weighted by Gasteiger charge is 2.24. The van der Waals surface area contributed by atoms with E-state index in [0.29, 0.717) is 6.54 Å². The molecule has 0 aromatic carbocycles. The molecule has 0 N–H and O–H groups in total. The number of aryl methyl sites for hydroxylation is 1. The van der Waals surface area contributed by atoms with Gasteiger partial charge in [0, 0.05) is 50.5 Å². The van der Waals surface area contributed by atoms with Crippen molar-refractivity contribution in [1.82, 2.24) is 24.6 Å². The Bertz CT molecular complexity index is 654. The zero-order valence-corrected chi connectivity index (χ0v) is 15.2. The molecule has 1 aliphatic heterocycles. The van der Waals surface area contributed by atoms with E-state index in [0.717, 1.165) is 49.8 Å². The Balaban J connectivity index is 1.51. The first-order chi connectivity index (χ1) is 11.6. The maximum Gasteiger partial charge on any atom is 0.227 e. The summed E-state index contributed by atoms with van der Waals surface area (Å²) >= 11 is 1.70. The summed E-state index contributed by atoms with van der Waals surface area (Å²) in [7, 11) is 0. The first-order valence-corrected chi connectivity index (χ1v) is 9.39. The van der Waals surface area contributed by atoms with Crippen molar-refractivity contribution < 1.29 is 4.79 Å². The van der Waals surface area contributed by atoms with Gasteiger partial charge in [0.25, 0.3) is 0 Å². The summed E-state index contributed by atoms with van der Waals surface area (Å²) in [6.45, 7) is 9.13. The summed E-state index contributed by atoms with van der Waals surface area (Å²) in [6.07, 6.45) is 4.67. The molecule has 1 saturated heterocycles. The average Bonchev–Trinajstić information content (AvgIpc) is 3.15. The summed E-state index contributed by atoms with van der Waals surface area (Å²) in [5.41, 5.74) is 1.14. The third-order valence-corrected chi connectivity index (χ3v) is 5.22. The van der Waals surface area contributed by atoms with Gasteiger partial charge < -0.3 is 4.90 Å². The van der Waals surface area contributed by atoms with E-state index in [-0.39, 0.29) is 11.8 Å². The highest BCUT2D eigenvalue weighted by molar-refractivity contribution is 7.09. The number of carbonyl (C=O) groups is 1. The van der Waals surface area contributed by atoms with Crippen molar-refractivity contribution in [1.29, 1.82) is 0 Å². The van der Waals surface area contributed by atoms with Gasteiger partial charge in [-0.3, -0.25) is 14.4 Å². The fraction of sp³-hybridized carbons (Fsp3) is 0.588. The van der Waals surface area contributed by atoms with E-state index in [1.54, 1.807) is 17.5 Å². The molecule has 130 valence electrons. The molecule has 1 amide bonds. The van der Waals surface area contributed by atoms with Crippen molar-refractivity contribution in [2.24, 2.45) is 5.92 Å². The molecule has 0 unspecified atom stereocenters. The summed E-state index contributed by atoms with van der Waals surface area (Å²) in [6, 6.07) is 1.89. The highest BCUT2D eigenvalue weighted by atomic mass is 32.1. The Morgan fingerprint density at radius 1 is 1.33 bits per heavy atom. The fourth-order valence-corrected chi connectivity index (χ4v) is 3.74. The Morgan fingerprint density at radius 2 is 2.21 bits per heavy atom. The van der Waals surface area contributed by atoms with Crippen LogP contribution in [0.3, 0.4) is 0 Å². The number of nitrogens with zero attached hydrogens (tertiary/aromatic N) is 5. The molecule has 7 heteroatoms.